The molecule has 1 saturated heterocycles. The lowest BCUT2D eigenvalue weighted by molar-refractivity contribution is -0.166. The largest absolute Gasteiger partial charge is 0.428 e. The third-order valence-corrected chi connectivity index (χ3v) is 6.93. The van der Waals surface area contributed by atoms with E-state index in [1.807, 2.05) is 0 Å². The number of nitrogens with two attached hydrogens (primary N) is 1. The van der Waals surface area contributed by atoms with Crippen molar-refractivity contribution in [2.75, 3.05) is 18.3 Å². The average Bonchev–Trinajstić information content (AvgIpc) is 3.19. The van der Waals surface area contributed by atoms with E-state index in [0.29, 0.717) is 16.3 Å². The number of thiazole rings is 1. The first kappa shape index (κ1) is 22.7. The summed E-state index contributed by atoms with van der Waals surface area (Å²) in [7, 11) is 0. The number of fused-ring (bicyclic) bond motifs is 1. The van der Waals surface area contributed by atoms with Crippen LogP contribution < -0.4 is 5.73 Å². The molecule has 2 N–H and O–H groups in total. The molecule has 0 radical (unpaired) electrons. The molecule has 0 saturated carbocycles. The highest BCUT2D eigenvalue weighted by atomic mass is 35.5. The van der Waals surface area contributed by atoms with Gasteiger partial charge in [-0.1, -0.05) is 11.8 Å². The predicted molar refractivity (Wildman–Crippen MR) is 107 cm³/mol. The first-order valence-electron chi connectivity index (χ1n) is 7.69. The molecule has 1 fully saturated rings. The molecule has 9 nitrogen and oxygen atoms in total. The number of halogens is 1. The first-order valence-corrected chi connectivity index (χ1v) is 10.6. The fraction of sp³-hybridized carbons (Fsp3) is 0.400. The van der Waals surface area contributed by atoms with Crippen molar-refractivity contribution >= 4 is 70.2 Å². The molecule has 0 aliphatic carbocycles. The van der Waals surface area contributed by atoms with Crippen molar-refractivity contribution in [3.05, 3.63) is 27.9 Å². The lowest BCUT2D eigenvalue weighted by Crippen LogP contribution is -2.68. The summed E-state index contributed by atoms with van der Waals surface area (Å²) in [5, 5.41) is 1.50. The standard InChI is InChI=1S/C15H15N3O6S3.ClH/c1-7(19)23-6-24-14(21)10-8(4-26-13-9(16)12(20)18(10)13)5-27-15(22)11-17-2-3-25-11;/h2-3,9,13H,4-6,16H2,1H3;1H/t9?,13-;/m0./s1. The molecule has 1 unspecified atom stereocenters. The van der Waals surface area contributed by atoms with Crippen LogP contribution in [0, 0.1) is 0 Å². The minimum Gasteiger partial charge on any atom is -0.428 e. The van der Waals surface area contributed by atoms with Gasteiger partial charge in [-0.25, -0.2) is 9.78 Å². The number of amides is 1. The Morgan fingerprint density at radius 3 is 2.79 bits per heavy atom. The number of thioether (sulfide) groups is 2. The predicted octanol–water partition coefficient (Wildman–Crippen LogP) is 0.999. The highest BCUT2D eigenvalue weighted by molar-refractivity contribution is 8.14. The van der Waals surface area contributed by atoms with Gasteiger partial charge in [0.25, 0.3) is 0 Å². The second-order valence-corrected chi connectivity index (χ2v) is 8.43. The van der Waals surface area contributed by atoms with E-state index >= 15 is 0 Å². The number of aromatic nitrogens is 1. The molecule has 1 amide bonds. The minimum absolute atomic E-state index is 0. The van der Waals surface area contributed by atoms with E-state index < -0.39 is 24.8 Å². The van der Waals surface area contributed by atoms with E-state index in [4.69, 9.17) is 10.5 Å². The van der Waals surface area contributed by atoms with Gasteiger partial charge in [0.05, 0.1) is 0 Å². The SMILES string of the molecule is CC(=O)OCOC(=O)C1=C(CSC(=O)c2nccs2)CS[C@H]2C(N)C(=O)N12.Cl. The maximum atomic E-state index is 12.5. The summed E-state index contributed by atoms with van der Waals surface area (Å²) in [6.45, 7) is 0.632. The number of hydrogen-bond acceptors (Lipinski definition) is 11. The summed E-state index contributed by atoms with van der Waals surface area (Å²) in [4.78, 5) is 52.9. The summed E-state index contributed by atoms with van der Waals surface area (Å²) in [6.07, 6.45) is 1.54. The summed E-state index contributed by atoms with van der Waals surface area (Å²) >= 11 is 3.65. The van der Waals surface area contributed by atoms with Crippen molar-refractivity contribution < 1.29 is 28.7 Å². The van der Waals surface area contributed by atoms with E-state index in [-0.39, 0.29) is 40.3 Å². The quantitative estimate of drug-likeness (QED) is 0.369. The third kappa shape index (κ3) is 4.69. The van der Waals surface area contributed by atoms with Crippen LogP contribution in [-0.4, -0.2) is 62.6 Å². The molecular weight excluding hydrogens is 450 g/mol. The van der Waals surface area contributed by atoms with Gasteiger partial charge in [0.2, 0.25) is 17.8 Å². The molecular formula is C15H16ClN3O6S3. The zero-order valence-corrected chi connectivity index (χ0v) is 17.8. The van der Waals surface area contributed by atoms with Crippen molar-refractivity contribution in [1.29, 1.82) is 0 Å². The van der Waals surface area contributed by atoms with E-state index in [9.17, 15) is 19.2 Å². The molecule has 0 bridgehead atoms. The Morgan fingerprint density at radius 1 is 1.39 bits per heavy atom. The second kappa shape index (κ2) is 9.74. The van der Waals surface area contributed by atoms with Gasteiger partial charge in [-0.15, -0.1) is 35.5 Å². The molecule has 152 valence electrons. The van der Waals surface area contributed by atoms with Crippen molar-refractivity contribution in [3.63, 3.8) is 0 Å². The van der Waals surface area contributed by atoms with Gasteiger partial charge in [-0.3, -0.25) is 19.3 Å². The maximum absolute atomic E-state index is 12.5. The normalized spacial score (nSPS) is 20.6. The molecule has 0 aromatic carbocycles. The lowest BCUT2D eigenvalue weighted by atomic mass is 10.0. The van der Waals surface area contributed by atoms with E-state index in [1.54, 1.807) is 5.38 Å². The summed E-state index contributed by atoms with van der Waals surface area (Å²) < 4.78 is 9.56. The highest BCUT2D eigenvalue weighted by Gasteiger charge is 2.52. The molecule has 2 aliphatic heterocycles. The van der Waals surface area contributed by atoms with Gasteiger partial charge >= 0.3 is 11.9 Å². The van der Waals surface area contributed by atoms with Crippen LogP contribution in [0.3, 0.4) is 0 Å². The van der Waals surface area contributed by atoms with E-state index in [1.165, 1.54) is 41.1 Å². The Hall–Kier alpha value is -1.60. The summed E-state index contributed by atoms with van der Waals surface area (Å²) in [6, 6.07) is -0.683. The van der Waals surface area contributed by atoms with Crippen molar-refractivity contribution in [1.82, 2.24) is 9.88 Å². The van der Waals surface area contributed by atoms with Crippen molar-refractivity contribution in [3.8, 4) is 0 Å². The lowest BCUT2D eigenvalue weighted by Gasteiger charge is -2.48. The Morgan fingerprint density at radius 2 is 2.14 bits per heavy atom. The molecule has 1 aromatic heterocycles. The monoisotopic (exact) mass is 465 g/mol. The van der Waals surface area contributed by atoms with E-state index in [0.717, 1.165) is 11.8 Å². The first-order chi connectivity index (χ1) is 12.9. The number of nitrogens with zero attached hydrogens (tertiary/aromatic N) is 2. The zero-order valence-electron chi connectivity index (χ0n) is 14.5. The fourth-order valence-electron chi connectivity index (χ4n) is 2.45. The number of rotatable bonds is 6. The Balaban J connectivity index is 0.00000280. The van der Waals surface area contributed by atoms with Gasteiger partial charge in [0, 0.05) is 30.0 Å². The Kier molecular flexibility index (Phi) is 7.89. The number of β-lactam (4-membered cyclic amide) rings is 1. The molecule has 3 heterocycles. The maximum Gasteiger partial charge on any atom is 0.357 e. The van der Waals surface area contributed by atoms with Crippen LogP contribution in [0.2, 0.25) is 0 Å². The zero-order chi connectivity index (χ0) is 19.6. The number of hydrogen-bond donors (Lipinski definition) is 1. The van der Waals surface area contributed by atoms with Crippen molar-refractivity contribution in [2.24, 2.45) is 5.73 Å². The summed E-state index contributed by atoms with van der Waals surface area (Å²) in [5.41, 5.74) is 6.44. The van der Waals surface area contributed by atoms with Gasteiger partial charge in [0.15, 0.2) is 5.01 Å². The van der Waals surface area contributed by atoms with Crippen molar-refractivity contribution in [2.45, 2.75) is 18.3 Å². The van der Waals surface area contributed by atoms with Crippen LogP contribution >= 0.6 is 47.3 Å². The second-order valence-electron chi connectivity index (χ2n) is 5.49. The molecule has 0 spiro atoms. The Labute approximate surface area is 178 Å². The van der Waals surface area contributed by atoms with Crippen LogP contribution in [-0.2, 0) is 23.9 Å². The summed E-state index contributed by atoms with van der Waals surface area (Å²) in [5.74, 6) is -1.15. The smallest absolute Gasteiger partial charge is 0.357 e. The molecule has 1 aromatic rings. The fourth-order valence-corrected chi connectivity index (χ4v) is 5.38. The number of carbonyl (C=O) groups is 4. The van der Waals surface area contributed by atoms with Crippen LogP contribution in [0.25, 0.3) is 0 Å². The van der Waals surface area contributed by atoms with Gasteiger partial charge in [0.1, 0.15) is 17.1 Å². The molecule has 2 atom stereocenters. The average molecular weight is 466 g/mol. The van der Waals surface area contributed by atoms with Crippen LogP contribution in [0.4, 0.5) is 0 Å². The minimum atomic E-state index is -0.793. The van der Waals surface area contributed by atoms with E-state index in [2.05, 4.69) is 9.72 Å². The molecule has 3 rings (SSSR count). The van der Waals surface area contributed by atoms with Crippen LogP contribution in [0.5, 0.6) is 0 Å². The number of carbonyl (C=O) groups excluding carboxylic acids is 4. The topological polar surface area (TPSA) is 129 Å². The Bertz CT molecular complexity index is 816. The molecule has 28 heavy (non-hydrogen) atoms. The number of ether oxygens (including phenoxy) is 2. The van der Waals surface area contributed by atoms with Crippen LogP contribution in [0.15, 0.2) is 22.8 Å². The molecule has 13 heteroatoms. The molecule has 2 aliphatic rings. The number of esters is 2. The van der Waals surface area contributed by atoms with Gasteiger partial charge in [-0.05, 0) is 5.57 Å². The highest BCUT2D eigenvalue weighted by Crippen LogP contribution is 2.40. The van der Waals surface area contributed by atoms with Gasteiger partial charge < -0.3 is 15.2 Å². The van der Waals surface area contributed by atoms with Gasteiger partial charge in [-0.2, -0.15) is 0 Å². The third-order valence-electron chi connectivity index (χ3n) is 3.72. The van der Waals surface area contributed by atoms with Crippen LogP contribution in [0.1, 0.15) is 16.7 Å².